The van der Waals surface area contributed by atoms with Gasteiger partial charge in [-0.05, 0) is 0 Å². The summed E-state index contributed by atoms with van der Waals surface area (Å²) in [7, 11) is 0. The Labute approximate surface area is 98.4 Å². The number of nitriles is 1. The number of thioether (sulfide) groups is 1. The van der Waals surface area contributed by atoms with E-state index in [1.54, 1.807) is 11.8 Å². The highest BCUT2D eigenvalue weighted by Gasteiger charge is 2.36. The lowest BCUT2D eigenvalue weighted by Crippen LogP contribution is -2.54. The van der Waals surface area contributed by atoms with Crippen LogP contribution in [0.4, 0.5) is 0 Å². The lowest BCUT2D eigenvalue weighted by Gasteiger charge is -2.41. The largest absolute Gasteiger partial charge is 0.481 e. The molecule has 0 aliphatic carbocycles. The van der Waals surface area contributed by atoms with Crippen molar-refractivity contribution in [3.63, 3.8) is 0 Å². The molecule has 1 heterocycles. The molecule has 0 aromatic rings. The van der Waals surface area contributed by atoms with Crippen molar-refractivity contribution < 1.29 is 14.7 Å². The number of hydrogen-bond acceptors (Lipinski definition) is 4. The molecule has 16 heavy (non-hydrogen) atoms. The van der Waals surface area contributed by atoms with E-state index < -0.39 is 11.9 Å². The van der Waals surface area contributed by atoms with Gasteiger partial charge < -0.3 is 10.0 Å². The van der Waals surface area contributed by atoms with Crippen LogP contribution in [-0.4, -0.2) is 46.5 Å². The van der Waals surface area contributed by atoms with Crippen molar-refractivity contribution in [1.82, 2.24) is 4.90 Å². The lowest BCUT2D eigenvalue weighted by atomic mass is 9.87. The van der Waals surface area contributed by atoms with E-state index in [4.69, 9.17) is 10.4 Å². The SMILES string of the molecule is CC(C(=O)O)C1CN(C(=O)CSCC#N)C1. The maximum absolute atomic E-state index is 11.5. The number of aliphatic carboxylic acids is 1. The van der Waals surface area contributed by atoms with Crippen molar-refractivity contribution >= 4 is 23.6 Å². The molecule has 0 aromatic heterocycles. The molecule has 1 aliphatic rings. The summed E-state index contributed by atoms with van der Waals surface area (Å²) >= 11 is 1.29. The second kappa shape index (κ2) is 5.75. The highest BCUT2D eigenvalue weighted by atomic mass is 32.2. The van der Waals surface area contributed by atoms with Crippen molar-refractivity contribution in [3.8, 4) is 6.07 Å². The lowest BCUT2D eigenvalue weighted by molar-refractivity contribution is -0.149. The first-order chi connectivity index (χ1) is 7.56. The van der Waals surface area contributed by atoms with E-state index in [9.17, 15) is 9.59 Å². The van der Waals surface area contributed by atoms with E-state index in [1.165, 1.54) is 11.8 Å². The van der Waals surface area contributed by atoms with Gasteiger partial charge in [0.05, 0.1) is 23.5 Å². The third-order valence-electron chi connectivity index (χ3n) is 2.75. The second-order valence-electron chi connectivity index (χ2n) is 3.84. The van der Waals surface area contributed by atoms with Gasteiger partial charge in [-0.2, -0.15) is 5.26 Å². The third kappa shape index (κ3) is 3.14. The summed E-state index contributed by atoms with van der Waals surface area (Å²) < 4.78 is 0. The van der Waals surface area contributed by atoms with Crippen molar-refractivity contribution in [1.29, 1.82) is 5.26 Å². The molecule has 1 N–H and O–H groups in total. The Morgan fingerprint density at radius 3 is 2.75 bits per heavy atom. The van der Waals surface area contributed by atoms with Crippen LogP contribution in [0.15, 0.2) is 0 Å². The van der Waals surface area contributed by atoms with E-state index in [0.717, 1.165) is 0 Å². The third-order valence-corrected chi connectivity index (χ3v) is 3.54. The molecule has 1 atom stereocenters. The number of amides is 1. The van der Waals surface area contributed by atoms with Gasteiger partial charge in [0.25, 0.3) is 0 Å². The molecule has 1 aliphatic heterocycles. The molecule has 1 fully saturated rings. The molecule has 1 unspecified atom stereocenters. The molecule has 1 saturated heterocycles. The van der Waals surface area contributed by atoms with Crippen LogP contribution in [-0.2, 0) is 9.59 Å². The summed E-state index contributed by atoms with van der Waals surface area (Å²) in [6, 6.07) is 1.95. The summed E-state index contributed by atoms with van der Waals surface area (Å²) in [6.45, 7) is 2.72. The molecule has 0 saturated carbocycles. The van der Waals surface area contributed by atoms with E-state index >= 15 is 0 Å². The van der Waals surface area contributed by atoms with Gasteiger partial charge in [-0.15, -0.1) is 11.8 Å². The number of carboxylic acid groups (broad SMARTS) is 1. The van der Waals surface area contributed by atoms with Crippen molar-refractivity contribution in [2.45, 2.75) is 6.92 Å². The predicted octanol–water partition coefficient (Wildman–Crippen LogP) is 0.422. The van der Waals surface area contributed by atoms with Gasteiger partial charge in [-0.1, -0.05) is 6.92 Å². The maximum Gasteiger partial charge on any atom is 0.306 e. The Morgan fingerprint density at radius 1 is 1.62 bits per heavy atom. The zero-order valence-corrected chi connectivity index (χ0v) is 9.87. The smallest absolute Gasteiger partial charge is 0.306 e. The van der Waals surface area contributed by atoms with Crippen LogP contribution in [0.25, 0.3) is 0 Å². The molecule has 1 amide bonds. The van der Waals surface area contributed by atoms with Gasteiger partial charge in [0.2, 0.25) is 5.91 Å². The fourth-order valence-corrected chi connectivity index (χ4v) is 2.06. The molecule has 1 rings (SSSR count). The molecule has 0 spiro atoms. The Bertz CT molecular complexity index is 321. The molecule has 0 aromatic carbocycles. The van der Waals surface area contributed by atoms with Crippen LogP contribution in [0.3, 0.4) is 0 Å². The van der Waals surface area contributed by atoms with Crippen LogP contribution < -0.4 is 0 Å². The average Bonchev–Trinajstić information content (AvgIpc) is 2.15. The highest BCUT2D eigenvalue weighted by molar-refractivity contribution is 8.00. The Hall–Kier alpha value is -1.22. The summed E-state index contributed by atoms with van der Waals surface area (Å²) in [5.41, 5.74) is 0. The number of carboxylic acids is 1. The van der Waals surface area contributed by atoms with E-state index in [2.05, 4.69) is 0 Å². The van der Waals surface area contributed by atoms with Crippen molar-refractivity contribution in [2.24, 2.45) is 11.8 Å². The van der Waals surface area contributed by atoms with Crippen LogP contribution in [0.1, 0.15) is 6.92 Å². The van der Waals surface area contributed by atoms with Gasteiger partial charge in [0.15, 0.2) is 0 Å². The predicted molar refractivity (Wildman–Crippen MR) is 59.8 cm³/mol. The second-order valence-corrected chi connectivity index (χ2v) is 4.82. The van der Waals surface area contributed by atoms with Crippen molar-refractivity contribution in [3.05, 3.63) is 0 Å². The van der Waals surface area contributed by atoms with Crippen LogP contribution in [0.2, 0.25) is 0 Å². The molecule has 88 valence electrons. The molecule has 0 bridgehead atoms. The first-order valence-corrected chi connectivity index (χ1v) is 6.17. The minimum absolute atomic E-state index is 0.00547. The number of hydrogen-bond donors (Lipinski definition) is 1. The Morgan fingerprint density at radius 2 is 2.25 bits per heavy atom. The zero-order chi connectivity index (χ0) is 12.1. The number of rotatable bonds is 5. The zero-order valence-electron chi connectivity index (χ0n) is 9.05. The molecular formula is C10H14N2O3S. The fraction of sp³-hybridized carbons (Fsp3) is 0.700. The number of carbonyl (C=O) groups is 2. The normalized spacial score (nSPS) is 17.4. The Balaban J connectivity index is 2.23. The van der Waals surface area contributed by atoms with Crippen molar-refractivity contribution in [2.75, 3.05) is 24.6 Å². The topological polar surface area (TPSA) is 81.4 Å². The highest BCUT2D eigenvalue weighted by Crippen LogP contribution is 2.24. The minimum atomic E-state index is -0.809. The standard InChI is InChI=1S/C10H14N2O3S/c1-7(10(14)15)8-4-12(5-8)9(13)6-16-3-2-11/h7-8H,3-6H2,1H3,(H,14,15). The Kier molecular flexibility index (Phi) is 4.62. The summed E-state index contributed by atoms with van der Waals surface area (Å²) in [4.78, 5) is 23.8. The quantitative estimate of drug-likeness (QED) is 0.707. The fourth-order valence-electron chi connectivity index (χ4n) is 1.51. The van der Waals surface area contributed by atoms with Crippen LogP contribution >= 0.6 is 11.8 Å². The average molecular weight is 242 g/mol. The summed E-state index contributed by atoms with van der Waals surface area (Å²) in [5, 5.41) is 17.1. The first kappa shape index (κ1) is 12.8. The summed E-state index contributed by atoms with van der Waals surface area (Å²) in [6.07, 6.45) is 0. The first-order valence-electron chi connectivity index (χ1n) is 5.01. The number of likely N-dealkylation sites (tertiary alicyclic amines) is 1. The maximum atomic E-state index is 11.5. The van der Waals surface area contributed by atoms with Crippen LogP contribution in [0, 0.1) is 23.2 Å². The summed E-state index contributed by atoms with van der Waals surface area (Å²) in [5.74, 6) is -0.515. The van der Waals surface area contributed by atoms with Gasteiger partial charge >= 0.3 is 5.97 Å². The van der Waals surface area contributed by atoms with Gasteiger partial charge in [-0.3, -0.25) is 9.59 Å². The number of nitrogens with zero attached hydrogens (tertiary/aromatic N) is 2. The molecule has 5 nitrogen and oxygen atoms in total. The minimum Gasteiger partial charge on any atom is -0.481 e. The van der Waals surface area contributed by atoms with Gasteiger partial charge in [-0.25, -0.2) is 0 Å². The number of carbonyl (C=O) groups excluding carboxylic acids is 1. The molecular weight excluding hydrogens is 228 g/mol. The van der Waals surface area contributed by atoms with E-state index in [-0.39, 0.29) is 11.8 Å². The monoisotopic (exact) mass is 242 g/mol. The van der Waals surface area contributed by atoms with Crippen LogP contribution in [0.5, 0.6) is 0 Å². The molecule has 6 heteroatoms. The van der Waals surface area contributed by atoms with Gasteiger partial charge in [0.1, 0.15) is 0 Å². The molecule has 0 radical (unpaired) electrons. The van der Waals surface area contributed by atoms with E-state index in [1.807, 2.05) is 6.07 Å². The van der Waals surface area contributed by atoms with E-state index in [0.29, 0.717) is 24.6 Å². The van der Waals surface area contributed by atoms with Gasteiger partial charge in [0, 0.05) is 19.0 Å².